The monoisotopic (exact) mass is 529 g/mol. The summed E-state index contributed by atoms with van der Waals surface area (Å²) in [6.07, 6.45) is 1.43. The van der Waals surface area contributed by atoms with Crippen LogP contribution in [0.25, 0.3) is 0 Å². The number of hydrogen-bond donors (Lipinski definition) is 4. The van der Waals surface area contributed by atoms with Gasteiger partial charge in [0, 0.05) is 24.9 Å². The van der Waals surface area contributed by atoms with Gasteiger partial charge in [-0.25, -0.2) is 18.7 Å². The maximum absolute atomic E-state index is 13.7. The molecule has 2 unspecified atom stereocenters. The number of carbonyl (C=O) groups is 5. The number of aromatic nitrogens is 2. The third kappa shape index (κ3) is 8.22. The molecule has 16 heteroatoms. The average molecular weight is 529 g/mol. The molecule has 0 bridgehead atoms. The summed E-state index contributed by atoms with van der Waals surface area (Å²) in [5.41, 5.74) is 0. The molecule has 1 heterocycles. The van der Waals surface area contributed by atoms with Crippen molar-refractivity contribution in [3.8, 4) is 5.75 Å². The lowest BCUT2D eigenvalue weighted by Gasteiger charge is -2.20. The molecule has 198 valence electrons. The van der Waals surface area contributed by atoms with Crippen LogP contribution in [0.3, 0.4) is 0 Å². The van der Waals surface area contributed by atoms with Crippen molar-refractivity contribution in [2.24, 2.45) is 0 Å². The maximum Gasteiger partial charge on any atom is 0.316 e. The number of ether oxygens (including phenoxy) is 1. The highest BCUT2D eigenvalue weighted by Crippen LogP contribution is 2.26. The fraction of sp³-hybridized carbons (Fsp3) is 0.286. The van der Waals surface area contributed by atoms with Crippen molar-refractivity contribution >= 4 is 35.4 Å². The second-order valence-electron chi connectivity index (χ2n) is 7.27. The van der Waals surface area contributed by atoms with E-state index in [1.165, 1.54) is 18.5 Å². The number of benzene rings is 1. The fourth-order valence-electron chi connectivity index (χ4n) is 2.65. The summed E-state index contributed by atoms with van der Waals surface area (Å²) >= 11 is 0. The zero-order valence-corrected chi connectivity index (χ0v) is 18.9. The number of carboxylic acids is 1. The summed E-state index contributed by atoms with van der Waals surface area (Å²) in [7, 11) is 0. The van der Waals surface area contributed by atoms with Gasteiger partial charge in [-0.2, -0.15) is 8.78 Å². The molecule has 3 amide bonds. The number of aliphatic carboxylic acids is 1. The van der Waals surface area contributed by atoms with Gasteiger partial charge in [-0.05, 0) is 19.4 Å². The highest BCUT2D eigenvalue weighted by Gasteiger charge is 2.28. The highest BCUT2D eigenvalue weighted by molar-refractivity contribution is 6.39. The number of nitrogens with zero attached hydrogens (tertiary/aromatic N) is 2. The Hall–Kier alpha value is -4.63. The van der Waals surface area contributed by atoms with Crippen LogP contribution in [0.2, 0.25) is 0 Å². The number of carboxylic acid groups (broad SMARTS) is 1. The number of ketones is 1. The van der Waals surface area contributed by atoms with E-state index >= 15 is 0 Å². The minimum absolute atomic E-state index is 0.0714. The van der Waals surface area contributed by atoms with E-state index in [9.17, 15) is 41.5 Å². The second-order valence-corrected chi connectivity index (χ2v) is 7.27. The van der Waals surface area contributed by atoms with Gasteiger partial charge in [-0.3, -0.25) is 29.3 Å². The standard InChI is InChI=1S/C21H19F4N5O7/c1-9(28-19(35)20(36)30-21-26-5-2-6-27-21)18(34)29-12(3-4-14(32)33)13(31)8-37-17-15(24)10(22)7-11(23)16(17)25/h2,5-7,9,12H,3-4,8H2,1H3,(H,28,35)(H,29,34)(H,32,33)(H,26,27,30,36). The first-order chi connectivity index (χ1) is 17.4. The molecule has 0 aliphatic rings. The first-order valence-electron chi connectivity index (χ1n) is 10.3. The van der Waals surface area contributed by atoms with E-state index in [0.717, 1.165) is 6.92 Å². The van der Waals surface area contributed by atoms with Crippen molar-refractivity contribution in [2.75, 3.05) is 11.9 Å². The fourth-order valence-corrected chi connectivity index (χ4v) is 2.65. The van der Waals surface area contributed by atoms with E-state index < -0.39 is 90.0 Å². The molecular weight excluding hydrogens is 510 g/mol. The number of hydrogen-bond acceptors (Lipinski definition) is 8. The molecule has 0 saturated carbocycles. The Balaban J connectivity index is 2.03. The molecule has 0 aliphatic heterocycles. The van der Waals surface area contributed by atoms with Crippen LogP contribution in [0.4, 0.5) is 23.5 Å². The van der Waals surface area contributed by atoms with E-state index in [1.807, 2.05) is 5.32 Å². The molecule has 2 rings (SSSR count). The Morgan fingerprint density at radius 2 is 1.57 bits per heavy atom. The third-order valence-electron chi connectivity index (χ3n) is 4.52. The van der Waals surface area contributed by atoms with Crippen molar-refractivity contribution < 1.29 is 51.4 Å². The van der Waals surface area contributed by atoms with Gasteiger partial charge in [0.2, 0.25) is 23.5 Å². The molecule has 12 nitrogen and oxygen atoms in total. The van der Waals surface area contributed by atoms with Gasteiger partial charge in [0.1, 0.15) is 12.6 Å². The quantitative estimate of drug-likeness (QED) is 0.183. The number of rotatable bonds is 11. The van der Waals surface area contributed by atoms with E-state index in [-0.39, 0.29) is 12.0 Å². The number of carbonyl (C=O) groups excluding carboxylic acids is 4. The van der Waals surface area contributed by atoms with Gasteiger partial charge in [0.25, 0.3) is 0 Å². The van der Waals surface area contributed by atoms with Gasteiger partial charge >= 0.3 is 17.8 Å². The molecule has 0 radical (unpaired) electrons. The summed E-state index contributed by atoms with van der Waals surface area (Å²) < 4.78 is 58.7. The van der Waals surface area contributed by atoms with Gasteiger partial charge in [-0.1, -0.05) is 0 Å². The van der Waals surface area contributed by atoms with Gasteiger partial charge in [-0.15, -0.1) is 0 Å². The van der Waals surface area contributed by atoms with Crippen molar-refractivity contribution in [3.05, 3.63) is 47.8 Å². The van der Waals surface area contributed by atoms with Crippen molar-refractivity contribution in [1.29, 1.82) is 0 Å². The Labute approximate surface area is 205 Å². The molecule has 0 spiro atoms. The lowest BCUT2D eigenvalue weighted by molar-refractivity contribution is -0.139. The second kappa shape index (κ2) is 12.9. The first-order valence-corrected chi connectivity index (χ1v) is 10.3. The zero-order valence-electron chi connectivity index (χ0n) is 18.9. The Bertz CT molecular complexity index is 1170. The number of Topliss-reactive ketones (excluding diaryl/α,β-unsaturated/α-hetero) is 1. The van der Waals surface area contributed by atoms with Crippen LogP contribution in [-0.4, -0.2) is 63.2 Å². The minimum Gasteiger partial charge on any atom is -0.481 e. The van der Waals surface area contributed by atoms with Gasteiger partial charge < -0.3 is 20.5 Å². The molecule has 2 atom stereocenters. The maximum atomic E-state index is 13.7. The predicted molar refractivity (Wildman–Crippen MR) is 114 cm³/mol. The Kier molecular flexibility index (Phi) is 9.97. The van der Waals surface area contributed by atoms with Crippen LogP contribution in [0.1, 0.15) is 19.8 Å². The summed E-state index contributed by atoms with van der Waals surface area (Å²) in [5.74, 6) is -15.1. The highest BCUT2D eigenvalue weighted by atomic mass is 19.2. The van der Waals surface area contributed by atoms with Crippen molar-refractivity contribution in [1.82, 2.24) is 20.6 Å². The molecule has 1 aromatic heterocycles. The third-order valence-corrected chi connectivity index (χ3v) is 4.52. The molecule has 0 fully saturated rings. The molecule has 0 aliphatic carbocycles. The Morgan fingerprint density at radius 1 is 0.973 bits per heavy atom. The number of anilines is 1. The molecule has 2 aromatic rings. The lowest BCUT2D eigenvalue weighted by Crippen LogP contribution is -2.52. The minimum atomic E-state index is -1.91. The number of nitrogens with one attached hydrogen (secondary N) is 3. The topological polar surface area (TPSA) is 177 Å². The van der Waals surface area contributed by atoms with Crippen LogP contribution in [0, 0.1) is 23.3 Å². The van der Waals surface area contributed by atoms with Crippen LogP contribution >= 0.6 is 0 Å². The molecule has 0 saturated heterocycles. The van der Waals surface area contributed by atoms with Crippen LogP contribution in [-0.2, 0) is 24.0 Å². The first kappa shape index (κ1) is 28.6. The number of amides is 3. The Morgan fingerprint density at radius 3 is 2.14 bits per heavy atom. The molecule has 1 aromatic carbocycles. The smallest absolute Gasteiger partial charge is 0.316 e. The van der Waals surface area contributed by atoms with Crippen LogP contribution in [0.5, 0.6) is 5.75 Å². The predicted octanol–water partition coefficient (Wildman–Crippen LogP) is 0.474. The van der Waals surface area contributed by atoms with Crippen LogP contribution in [0.15, 0.2) is 24.5 Å². The van der Waals surface area contributed by atoms with Gasteiger partial charge in [0.15, 0.2) is 23.2 Å². The molecular formula is C21H19F4N5O7. The van der Waals surface area contributed by atoms with E-state index in [1.54, 1.807) is 0 Å². The zero-order chi connectivity index (χ0) is 27.7. The average Bonchev–Trinajstić information content (AvgIpc) is 2.85. The SMILES string of the molecule is CC(NC(=O)C(=O)Nc1ncccn1)C(=O)NC(CCC(=O)O)C(=O)COc1c(F)c(F)cc(F)c1F. The van der Waals surface area contributed by atoms with E-state index in [0.29, 0.717) is 0 Å². The van der Waals surface area contributed by atoms with Crippen molar-refractivity contribution in [3.63, 3.8) is 0 Å². The van der Waals surface area contributed by atoms with E-state index in [4.69, 9.17) is 5.11 Å². The lowest BCUT2D eigenvalue weighted by atomic mass is 10.1. The van der Waals surface area contributed by atoms with E-state index in [2.05, 4.69) is 25.3 Å². The summed E-state index contributed by atoms with van der Waals surface area (Å²) in [6, 6.07) is -1.65. The summed E-state index contributed by atoms with van der Waals surface area (Å²) in [4.78, 5) is 67.1. The summed E-state index contributed by atoms with van der Waals surface area (Å²) in [6.45, 7) is -0.0729. The molecule has 37 heavy (non-hydrogen) atoms. The van der Waals surface area contributed by atoms with Gasteiger partial charge in [0.05, 0.1) is 6.04 Å². The molecule has 4 N–H and O–H groups in total. The number of halogens is 4. The largest absolute Gasteiger partial charge is 0.481 e. The van der Waals surface area contributed by atoms with Crippen molar-refractivity contribution in [2.45, 2.75) is 31.8 Å². The van der Waals surface area contributed by atoms with Crippen LogP contribution < -0.4 is 20.7 Å². The normalized spacial score (nSPS) is 12.1. The summed E-state index contributed by atoms with van der Waals surface area (Å²) in [5, 5.41) is 15.1.